The molecule has 0 saturated carbocycles. The monoisotopic (exact) mass is 278 g/mol. The van der Waals surface area contributed by atoms with Gasteiger partial charge in [0.1, 0.15) is 25.0 Å². The number of benzene rings is 1. The van der Waals surface area contributed by atoms with E-state index in [0.29, 0.717) is 5.75 Å². The van der Waals surface area contributed by atoms with Crippen LogP contribution in [0.15, 0.2) is 24.3 Å². The van der Waals surface area contributed by atoms with Gasteiger partial charge in [-0.25, -0.2) is 4.79 Å². The number of amides is 3. The summed E-state index contributed by atoms with van der Waals surface area (Å²) in [5, 5.41) is 9.87. The summed E-state index contributed by atoms with van der Waals surface area (Å²) >= 11 is 0. The number of carbonyl (C=O) groups is 2. The SMILES string of the molecule is Cc1cccc(OC[C@H](O)CN2C(=O)CN(C)C2=O)c1. The molecule has 1 atom stereocenters. The Morgan fingerprint density at radius 3 is 2.75 bits per heavy atom. The molecular weight excluding hydrogens is 260 g/mol. The number of hydrogen-bond acceptors (Lipinski definition) is 4. The maximum Gasteiger partial charge on any atom is 0.327 e. The molecule has 0 radical (unpaired) electrons. The minimum absolute atomic E-state index is 0.0320. The molecule has 1 aliphatic heterocycles. The lowest BCUT2D eigenvalue weighted by molar-refractivity contribution is -0.126. The van der Waals surface area contributed by atoms with Gasteiger partial charge in [-0.15, -0.1) is 0 Å². The first-order valence-electron chi connectivity index (χ1n) is 6.40. The van der Waals surface area contributed by atoms with Crippen LogP contribution in [0, 0.1) is 6.92 Å². The van der Waals surface area contributed by atoms with Crippen molar-refractivity contribution in [2.45, 2.75) is 13.0 Å². The van der Waals surface area contributed by atoms with E-state index in [4.69, 9.17) is 4.74 Å². The molecule has 1 aromatic rings. The van der Waals surface area contributed by atoms with Crippen LogP contribution in [0.5, 0.6) is 5.75 Å². The summed E-state index contributed by atoms with van der Waals surface area (Å²) in [6, 6.07) is 7.07. The molecule has 6 nitrogen and oxygen atoms in total. The molecule has 1 aliphatic rings. The van der Waals surface area contributed by atoms with E-state index >= 15 is 0 Å². The molecule has 0 aliphatic carbocycles. The van der Waals surface area contributed by atoms with E-state index in [2.05, 4.69) is 0 Å². The molecule has 108 valence electrons. The Bertz CT molecular complexity index is 518. The van der Waals surface area contributed by atoms with Crippen molar-refractivity contribution in [2.75, 3.05) is 26.7 Å². The Balaban J connectivity index is 1.85. The normalized spacial score (nSPS) is 16.8. The highest BCUT2D eigenvalue weighted by Gasteiger charge is 2.34. The van der Waals surface area contributed by atoms with Crippen molar-refractivity contribution < 1.29 is 19.4 Å². The van der Waals surface area contributed by atoms with Crippen molar-refractivity contribution in [3.63, 3.8) is 0 Å². The van der Waals surface area contributed by atoms with Gasteiger partial charge in [0, 0.05) is 7.05 Å². The third kappa shape index (κ3) is 3.27. The van der Waals surface area contributed by atoms with Crippen LogP contribution in [-0.2, 0) is 4.79 Å². The first kappa shape index (κ1) is 14.3. The molecule has 1 saturated heterocycles. The van der Waals surface area contributed by atoms with Crippen molar-refractivity contribution in [3.8, 4) is 5.75 Å². The second-order valence-corrected chi connectivity index (χ2v) is 4.92. The fraction of sp³-hybridized carbons (Fsp3) is 0.429. The number of hydrogen-bond donors (Lipinski definition) is 1. The topological polar surface area (TPSA) is 70.1 Å². The summed E-state index contributed by atoms with van der Waals surface area (Å²) in [5.41, 5.74) is 1.06. The van der Waals surface area contributed by atoms with Gasteiger partial charge in [0.2, 0.25) is 5.91 Å². The first-order valence-corrected chi connectivity index (χ1v) is 6.40. The van der Waals surface area contributed by atoms with E-state index < -0.39 is 6.10 Å². The van der Waals surface area contributed by atoms with Crippen LogP contribution in [-0.4, -0.2) is 59.7 Å². The maximum atomic E-state index is 11.6. The van der Waals surface area contributed by atoms with Gasteiger partial charge in [-0.3, -0.25) is 9.69 Å². The Morgan fingerprint density at radius 1 is 1.40 bits per heavy atom. The molecule has 2 rings (SSSR count). The van der Waals surface area contributed by atoms with E-state index in [1.54, 1.807) is 13.1 Å². The summed E-state index contributed by atoms with van der Waals surface area (Å²) in [6.07, 6.45) is -0.907. The quantitative estimate of drug-likeness (QED) is 0.802. The van der Waals surface area contributed by atoms with Crippen LogP contribution < -0.4 is 4.74 Å². The molecule has 0 aromatic heterocycles. The van der Waals surface area contributed by atoms with Crippen molar-refractivity contribution in [2.24, 2.45) is 0 Å². The number of rotatable bonds is 5. The van der Waals surface area contributed by atoms with Gasteiger partial charge >= 0.3 is 6.03 Å². The van der Waals surface area contributed by atoms with E-state index in [1.165, 1.54) is 4.90 Å². The van der Waals surface area contributed by atoms with Gasteiger partial charge in [-0.1, -0.05) is 12.1 Å². The molecule has 0 bridgehead atoms. The number of urea groups is 1. The van der Waals surface area contributed by atoms with Gasteiger partial charge in [0.05, 0.1) is 6.54 Å². The van der Waals surface area contributed by atoms with Gasteiger partial charge in [-0.2, -0.15) is 0 Å². The summed E-state index contributed by atoms with van der Waals surface area (Å²) < 4.78 is 5.44. The van der Waals surface area contributed by atoms with Crippen LogP contribution in [0.1, 0.15) is 5.56 Å². The standard InChI is InChI=1S/C14H18N2O4/c1-10-4-3-5-12(6-10)20-9-11(17)7-16-13(18)8-15(2)14(16)19/h3-6,11,17H,7-9H2,1-2H3/t11-/m1/s1. The number of nitrogens with zero attached hydrogens (tertiary/aromatic N) is 2. The van der Waals surface area contributed by atoms with Crippen LogP contribution >= 0.6 is 0 Å². The molecule has 1 heterocycles. The summed E-state index contributed by atoms with van der Waals surface area (Å²) in [7, 11) is 1.55. The van der Waals surface area contributed by atoms with Crippen molar-refractivity contribution in [3.05, 3.63) is 29.8 Å². The molecule has 1 fully saturated rings. The molecule has 0 spiro atoms. The zero-order valence-electron chi connectivity index (χ0n) is 11.6. The highest BCUT2D eigenvalue weighted by atomic mass is 16.5. The zero-order chi connectivity index (χ0) is 14.7. The summed E-state index contributed by atoms with van der Waals surface area (Å²) in [5.74, 6) is 0.354. The average Bonchev–Trinajstić information content (AvgIpc) is 2.63. The highest BCUT2D eigenvalue weighted by Crippen LogP contribution is 2.13. The lowest BCUT2D eigenvalue weighted by Crippen LogP contribution is -2.40. The number of aryl methyl sites for hydroxylation is 1. The van der Waals surface area contributed by atoms with E-state index in [1.807, 2.05) is 25.1 Å². The molecule has 1 aromatic carbocycles. The smallest absolute Gasteiger partial charge is 0.327 e. The first-order chi connectivity index (χ1) is 9.47. The van der Waals surface area contributed by atoms with Crippen LogP contribution in [0.4, 0.5) is 4.79 Å². The Kier molecular flexibility index (Phi) is 4.24. The van der Waals surface area contributed by atoms with E-state index in [-0.39, 0.29) is 31.6 Å². The van der Waals surface area contributed by atoms with Crippen molar-refractivity contribution >= 4 is 11.9 Å². The zero-order valence-corrected chi connectivity index (χ0v) is 11.6. The van der Waals surface area contributed by atoms with Crippen molar-refractivity contribution in [1.82, 2.24) is 9.80 Å². The van der Waals surface area contributed by atoms with Crippen molar-refractivity contribution in [1.29, 1.82) is 0 Å². The lowest BCUT2D eigenvalue weighted by Gasteiger charge is -2.18. The number of aliphatic hydroxyl groups is 1. The third-order valence-electron chi connectivity index (χ3n) is 3.06. The Labute approximate surface area is 117 Å². The third-order valence-corrected chi connectivity index (χ3v) is 3.06. The van der Waals surface area contributed by atoms with Crippen LogP contribution in [0.25, 0.3) is 0 Å². The molecule has 6 heteroatoms. The largest absolute Gasteiger partial charge is 0.491 e. The molecular formula is C14H18N2O4. The number of ether oxygens (including phenoxy) is 1. The van der Waals surface area contributed by atoms with Gasteiger partial charge in [0.15, 0.2) is 0 Å². The van der Waals surface area contributed by atoms with E-state index in [9.17, 15) is 14.7 Å². The number of aliphatic hydroxyl groups excluding tert-OH is 1. The predicted octanol–water partition coefficient (Wildman–Crippen LogP) is 0.629. The van der Waals surface area contributed by atoms with Gasteiger partial charge in [-0.05, 0) is 24.6 Å². The average molecular weight is 278 g/mol. The number of imide groups is 1. The van der Waals surface area contributed by atoms with Crippen LogP contribution in [0.2, 0.25) is 0 Å². The predicted molar refractivity (Wildman–Crippen MR) is 72.4 cm³/mol. The second-order valence-electron chi connectivity index (χ2n) is 4.92. The molecule has 1 N–H and O–H groups in total. The Hall–Kier alpha value is -2.08. The molecule has 0 unspecified atom stereocenters. The minimum Gasteiger partial charge on any atom is -0.491 e. The fourth-order valence-electron chi connectivity index (χ4n) is 2.01. The number of carbonyl (C=O) groups excluding carboxylic acids is 2. The summed E-state index contributed by atoms with van der Waals surface area (Å²) in [4.78, 5) is 25.6. The Morgan fingerprint density at radius 2 is 2.15 bits per heavy atom. The summed E-state index contributed by atoms with van der Waals surface area (Å²) in [6.45, 7) is 1.99. The lowest BCUT2D eigenvalue weighted by atomic mass is 10.2. The maximum absolute atomic E-state index is 11.6. The second kappa shape index (κ2) is 5.92. The van der Waals surface area contributed by atoms with Gasteiger partial charge in [0.25, 0.3) is 0 Å². The fourth-order valence-corrected chi connectivity index (χ4v) is 2.01. The highest BCUT2D eigenvalue weighted by molar-refractivity contribution is 6.01. The van der Waals surface area contributed by atoms with Gasteiger partial charge < -0.3 is 14.7 Å². The van der Waals surface area contributed by atoms with Crippen LogP contribution in [0.3, 0.4) is 0 Å². The minimum atomic E-state index is -0.907. The number of likely N-dealkylation sites (N-methyl/N-ethyl adjacent to an activating group) is 1. The molecule has 3 amide bonds. The van der Waals surface area contributed by atoms with E-state index in [0.717, 1.165) is 10.5 Å². The number of β-amino-alcohol motifs (C(OH)–C–C–N with tert-alkyl or cyclic N) is 1. The molecule has 20 heavy (non-hydrogen) atoms.